The third kappa shape index (κ3) is 2.26. The molecule has 3 aliphatic rings. The summed E-state index contributed by atoms with van der Waals surface area (Å²) in [6, 6.07) is 0. The first-order chi connectivity index (χ1) is 9.90. The van der Waals surface area contributed by atoms with Gasteiger partial charge in [-0.1, -0.05) is 13.5 Å². The third-order valence-corrected chi connectivity index (χ3v) is 5.05. The van der Waals surface area contributed by atoms with Gasteiger partial charge in [0.15, 0.2) is 12.9 Å². The molecular weight excluding hydrogens is 276 g/mol. The van der Waals surface area contributed by atoms with Crippen LogP contribution in [0.15, 0.2) is 12.2 Å². The predicted molar refractivity (Wildman–Crippen MR) is 70.8 cm³/mol. The van der Waals surface area contributed by atoms with E-state index in [4.69, 9.17) is 14.2 Å². The molecule has 2 aliphatic carbocycles. The number of hydrogen-bond donors (Lipinski definition) is 1. The zero-order valence-corrected chi connectivity index (χ0v) is 12.2. The first-order valence-electron chi connectivity index (χ1n) is 7.25. The third-order valence-electron chi connectivity index (χ3n) is 5.05. The first-order valence-corrected chi connectivity index (χ1v) is 7.25. The Kier molecular flexibility index (Phi) is 3.53. The number of rotatable bonds is 4. The van der Waals surface area contributed by atoms with Gasteiger partial charge in [0.1, 0.15) is 12.2 Å². The SMILES string of the molecule is C=C(C)C(=O)OCC(=O)OC1C2OC(O)C3CC1[C@H](C)C32. The number of aliphatic hydroxyl groups excluding tert-OH is 1. The molecule has 0 radical (unpaired) electrons. The molecule has 0 aromatic carbocycles. The smallest absolute Gasteiger partial charge is 0.344 e. The molecule has 3 fully saturated rings. The highest BCUT2D eigenvalue weighted by Crippen LogP contribution is 2.59. The average molecular weight is 296 g/mol. The van der Waals surface area contributed by atoms with Gasteiger partial charge in [0.05, 0.1) is 0 Å². The second-order valence-corrected chi connectivity index (χ2v) is 6.30. The molecule has 6 unspecified atom stereocenters. The molecule has 0 aromatic heterocycles. The molecule has 6 nitrogen and oxygen atoms in total. The summed E-state index contributed by atoms with van der Waals surface area (Å²) in [6.07, 6.45) is -0.529. The summed E-state index contributed by atoms with van der Waals surface area (Å²) in [5.74, 6) is -0.209. The topological polar surface area (TPSA) is 82.1 Å². The molecule has 0 spiro atoms. The summed E-state index contributed by atoms with van der Waals surface area (Å²) in [5, 5.41) is 9.86. The summed E-state index contributed by atoms with van der Waals surface area (Å²) in [7, 11) is 0. The summed E-state index contributed by atoms with van der Waals surface area (Å²) < 4.78 is 15.8. The van der Waals surface area contributed by atoms with E-state index < -0.39 is 24.8 Å². The van der Waals surface area contributed by atoms with Crippen molar-refractivity contribution in [3.05, 3.63) is 12.2 Å². The normalized spacial score (nSPS) is 42.9. The van der Waals surface area contributed by atoms with Gasteiger partial charge in [-0.15, -0.1) is 0 Å². The van der Waals surface area contributed by atoms with E-state index in [2.05, 4.69) is 13.5 Å². The quantitative estimate of drug-likeness (QED) is 0.605. The molecular formula is C15H20O6. The van der Waals surface area contributed by atoms with E-state index in [1.54, 1.807) is 0 Å². The van der Waals surface area contributed by atoms with Gasteiger partial charge in [0, 0.05) is 17.4 Å². The lowest BCUT2D eigenvalue weighted by Crippen LogP contribution is -2.37. The molecule has 1 heterocycles. The fourth-order valence-corrected chi connectivity index (χ4v) is 4.12. The van der Waals surface area contributed by atoms with Crippen LogP contribution in [-0.4, -0.2) is 42.1 Å². The maximum Gasteiger partial charge on any atom is 0.344 e. The van der Waals surface area contributed by atoms with E-state index >= 15 is 0 Å². The van der Waals surface area contributed by atoms with E-state index in [1.807, 2.05) is 0 Å². The minimum Gasteiger partial charge on any atom is -0.457 e. The van der Waals surface area contributed by atoms with Gasteiger partial charge < -0.3 is 19.3 Å². The summed E-state index contributed by atoms with van der Waals surface area (Å²) in [6.45, 7) is 6.64. The molecule has 116 valence electrons. The van der Waals surface area contributed by atoms with Crippen molar-refractivity contribution < 1.29 is 28.9 Å². The Morgan fingerprint density at radius 3 is 2.76 bits per heavy atom. The number of carbonyl (C=O) groups excluding carboxylic acids is 2. The fourth-order valence-electron chi connectivity index (χ4n) is 4.12. The number of esters is 2. The van der Waals surface area contributed by atoms with Gasteiger partial charge in [-0.3, -0.25) is 0 Å². The van der Waals surface area contributed by atoms with Crippen LogP contribution in [0.2, 0.25) is 0 Å². The van der Waals surface area contributed by atoms with Gasteiger partial charge in [-0.25, -0.2) is 9.59 Å². The van der Waals surface area contributed by atoms with Crippen LogP contribution in [0, 0.1) is 23.7 Å². The van der Waals surface area contributed by atoms with Crippen LogP contribution in [0.1, 0.15) is 20.3 Å². The van der Waals surface area contributed by atoms with Crippen molar-refractivity contribution in [3.8, 4) is 0 Å². The van der Waals surface area contributed by atoms with Crippen molar-refractivity contribution >= 4 is 11.9 Å². The summed E-state index contributed by atoms with van der Waals surface area (Å²) in [4.78, 5) is 23.1. The zero-order chi connectivity index (χ0) is 15.3. The van der Waals surface area contributed by atoms with Gasteiger partial charge in [-0.05, 0) is 25.2 Å². The molecule has 6 heteroatoms. The fraction of sp³-hybridized carbons (Fsp3) is 0.733. The number of hydrogen-bond acceptors (Lipinski definition) is 6. The highest BCUT2D eigenvalue weighted by molar-refractivity contribution is 5.88. The molecule has 1 aliphatic heterocycles. The molecule has 3 rings (SSSR count). The highest BCUT2D eigenvalue weighted by atomic mass is 16.6. The Hall–Kier alpha value is -1.40. The lowest BCUT2D eigenvalue weighted by Gasteiger charge is -2.25. The number of fused-ring (bicyclic) bond motifs is 1. The lowest BCUT2D eigenvalue weighted by molar-refractivity contribution is -0.172. The van der Waals surface area contributed by atoms with E-state index in [-0.39, 0.29) is 35.5 Å². The Morgan fingerprint density at radius 2 is 2.10 bits per heavy atom. The second-order valence-electron chi connectivity index (χ2n) is 6.30. The standard InChI is InChI=1S/C15H20O6/c1-6(2)14(17)19-5-10(16)20-12-8-4-9-11(7(8)3)13(12)21-15(9)18/h7-9,11-13,15,18H,1,4-5H2,2-3H3/t7-,8?,9?,11?,12?,13?,15?/m0/s1. The number of ether oxygens (including phenoxy) is 3. The van der Waals surface area contributed by atoms with Crippen LogP contribution in [-0.2, 0) is 23.8 Å². The Bertz CT molecular complexity index is 487. The minimum absolute atomic E-state index is 0.159. The number of carbonyl (C=O) groups is 2. The zero-order valence-electron chi connectivity index (χ0n) is 12.2. The first kappa shape index (κ1) is 14.5. The minimum atomic E-state index is -0.752. The van der Waals surface area contributed by atoms with Crippen LogP contribution in [0.25, 0.3) is 0 Å². The van der Waals surface area contributed by atoms with Crippen LogP contribution in [0.3, 0.4) is 0 Å². The maximum atomic E-state index is 11.8. The van der Waals surface area contributed by atoms with Crippen molar-refractivity contribution in [3.63, 3.8) is 0 Å². The number of aliphatic hydroxyl groups is 1. The van der Waals surface area contributed by atoms with E-state index in [0.717, 1.165) is 6.42 Å². The summed E-state index contributed by atoms with van der Waals surface area (Å²) in [5.41, 5.74) is 0.237. The van der Waals surface area contributed by atoms with E-state index in [0.29, 0.717) is 5.92 Å². The van der Waals surface area contributed by atoms with Crippen LogP contribution >= 0.6 is 0 Å². The Labute approximate surface area is 123 Å². The highest BCUT2D eigenvalue weighted by Gasteiger charge is 2.65. The largest absolute Gasteiger partial charge is 0.457 e. The Balaban J connectivity index is 1.58. The van der Waals surface area contributed by atoms with Crippen LogP contribution in [0.5, 0.6) is 0 Å². The summed E-state index contributed by atoms with van der Waals surface area (Å²) >= 11 is 0. The molecule has 7 atom stereocenters. The molecule has 21 heavy (non-hydrogen) atoms. The molecule has 2 bridgehead atoms. The monoisotopic (exact) mass is 296 g/mol. The Morgan fingerprint density at radius 1 is 1.38 bits per heavy atom. The van der Waals surface area contributed by atoms with Gasteiger partial charge in [0.25, 0.3) is 0 Å². The van der Waals surface area contributed by atoms with Crippen molar-refractivity contribution in [1.82, 2.24) is 0 Å². The van der Waals surface area contributed by atoms with Crippen molar-refractivity contribution in [2.75, 3.05) is 6.61 Å². The average Bonchev–Trinajstić information content (AvgIpc) is 2.97. The van der Waals surface area contributed by atoms with E-state index in [9.17, 15) is 14.7 Å². The van der Waals surface area contributed by atoms with E-state index in [1.165, 1.54) is 6.92 Å². The second kappa shape index (κ2) is 5.10. The van der Waals surface area contributed by atoms with Gasteiger partial charge in [-0.2, -0.15) is 0 Å². The van der Waals surface area contributed by atoms with Crippen LogP contribution < -0.4 is 0 Å². The van der Waals surface area contributed by atoms with Crippen LogP contribution in [0.4, 0.5) is 0 Å². The molecule has 2 saturated carbocycles. The molecule has 0 amide bonds. The van der Waals surface area contributed by atoms with Gasteiger partial charge in [0.2, 0.25) is 0 Å². The maximum absolute atomic E-state index is 11.8. The van der Waals surface area contributed by atoms with Gasteiger partial charge >= 0.3 is 11.9 Å². The van der Waals surface area contributed by atoms with Crippen molar-refractivity contribution in [1.29, 1.82) is 0 Å². The van der Waals surface area contributed by atoms with Crippen molar-refractivity contribution in [2.45, 2.75) is 38.8 Å². The predicted octanol–water partition coefficient (Wildman–Crippen LogP) is 0.637. The molecule has 0 aromatic rings. The molecule has 1 saturated heterocycles. The van der Waals surface area contributed by atoms with Crippen molar-refractivity contribution in [2.24, 2.45) is 23.7 Å². The molecule has 1 N–H and O–H groups in total. The lowest BCUT2D eigenvalue weighted by atomic mass is 9.87.